The summed E-state index contributed by atoms with van der Waals surface area (Å²) in [6, 6.07) is 0. The molecule has 0 aliphatic rings. The molecule has 0 saturated heterocycles. The second-order valence-corrected chi connectivity index (χ2v) is 4.49. The number of aliphatic hydroxyl groups is 1. The summed E-state index contributed by atoms with van der Waals surface area (Å²) >= 11 is 0. The van der Waals surface area contributed by atoms with Gasteiger partial charge in [-0.2, -0.15) is 0 Å². The number of esters is 1. The van der Waals surface area contributed by atoms with E-state index in [2.05, 4.69) is 0 Å². The Labute approximate surface area is 108 Å². The highest BCUT2D eigenvalue weighted by molar-refractivity contribution is 5.71. The molecule has 0 bridgehead atoms. The van der Waals surface area contributed by atoms with Crippen LogP contribution in [0.2, 0.25) is 0 Å². The van der Waals surface area contributed by atoms with E-state index in [0.717, 1.165) is 19.3 Å². The minimum Gasteiger partial charge on any atom is -0.481 e. The number of unbranched alkanes of at least 4 members (excludes halogenated alkanes) is 3. The molecule has 18 heavy (non-hydrogen) atoms. The number of hydrogen-bond acceptors (Lipinski definition) is 4. The molecule has 0 spiro atoms. The van der Waals surface area contributed by atoms with Gasteiger partial charge in [-0.25, -0.2) is 0 Å². The summed E-state index contributed by atoms with van der Waals surface area (Å²) < 4.78 is 5.09. The predicted octanol–water partition coefficient (Wildman–Crippen LogP) is 1.97. The van der Waals surface area contributed by atoms with Crippen molar-refractivity contribution in [1.29, 1.82) is 0 Å². The van der Waals surface area contributed by atoms with Crippen LogP contribution >= 0.6 is 0 Å². The average molecular weight is 260 g/mol. The maximum absolute atomic E-state index is 11.5. The zero-order valence-corrected chi connectivity index (χ0v) is 11.1. The van der Waals surface area contributed by atoms with E-state index in [-0.39, 0.29) is 24.9 Å². The van der Waals surface area contributed by atoms with Crippen molar-refractivity contribution in [3.05, 3.63) is 0 Å². The Bertz CT molecular complexity index is 240. The molecular formula is C13H24O5. The van der Waals surface area contributed by atoms with Crippen molar-refractivity contribution in [2.45, 2.75) is 51.9 Å². The van der Waals surface area contributed by atoms with Gasteiger partial charge in [0.25, 0.3) is 0 Å². The Kier molecular flexibility index (Phi) is 10.3. The second-order valence-electron chi connectivity index (χ2n) is 4.49. The van der Waals surface area contributed by atoms with Crippen LogP contribution in [0.5, 0.6) is 0 Å². The normalized spacial score (nSPS) is 12.1. The van der Waals surface area contributed by atoms with E-state index in [1.807, 2.05) is 6.92 Å². The number of carboxylic acids is 1. The first-order chi connectivity index (χ1) is 8.57. The summed E-state index contributed by atoms with van der Waals surface area (Å²) in [6.07, 6.45) is 4.54. The molecule has 0 aromatic heterocycles. The largest absolute Gasteiger partial charge is 0.481 e. The van der Waals surface area contributed by atoms with Crippen LogP contribution in [0.25, 0.3) is 0 Å². The highest BCUT2D eigenvalue weighted by Crippen LogP contribution is 2.10. The maximum Gasteiger partial charge on any atom is 0.308 e. The predicted molar refractivity (Wildman–Crippen MR) is 67.2 cm³/mol. The van der Waals surface area contributed by atoms with Gasteiger partial charge in [-0.15, -0.1) is 0 Å². The minimum atomic E-state index is -0.787. The molecule has 106 valence electrons. The fraction of sp³-hybridized carbons (Fsp3) is 0.846. The zero-order valence-electron chi connectivity index (χ0n) is 11.1. The molecule has 5 nitrogen and oxygen atoms in total. The van der Waals surface area contributed by atoms with Crippen molar-refractivity contribution in [1.82, 2.24) is 0 Å². The molecule has 0 saturated carbocycles. The van der Waals surface area contributed by atoms with Crippen molar-refractivity contribution in [3.63, 3.8) is 0 Å². The number of carbonyl (C=O) groups is 2. The first-order valence-corrected chi connectivity index (χ1v) is 6.57. The van der Waals surface area contributed by atoms with Crippen LogP contribution in [0.4, 0.5) is 0 Å². The van der Waals surface area contributed by atoms with Crippen LogP contribution in [-0.4, -0.2) is 35.4 Å². The van der Waals surface area contributed by atoms with E-state index in [1.54, 1.807) is 0 Å². The Morgan fingerprint density at radius 2 is 1.83 bits per heavy atom. The summed E-state index contributed by atoms with van der Waals surface area (Å²) in [4.78, 5) is 21.8. The van der Waals surface area contributed by atoms with E-state index in [9.17, 15) is 9.59 Å². The van der Waals surface area contributed by atoms with Crippen LogP contribution < -0.4 is 0 Å². The molecule has 0 aliphatic carbocycles. The van der Waals surface area contributed by atoms with Gasteiger partial charge in [-0.3, -0.25) is 9.59 Å². The molecular weight excluding hydrogens is 236 g/mol. The molecule has 0 aromatic carbocycles. The summed E-state index contributed by atoms with van der Waals surface area (Å²) in [7, 11) is 0. The lowest BCUT2D eigenvalue weighted by atomic mass is 10.0. The highest BCUT2D eigenvalue weighted by atomic mass is 16.5. The third-order valence-corrected chi connectivity index (χ3v) is 2.73. The minimum absolute atomic E-state index is 0.129. The first-order valence-electron chi connectivity index (χ1n) is 6.57. The van der Waals surface area contributed by atoms with Crippen molar-refractivity contribution in [2.24, 2.45) is 5.92 Å². The molecule has 0 aromatic rings. The third kappa shape index (κ3) is 10.1. The topological polar surface area (TPSA) is 83.8 Å². The lowest BCUT2D eigenvalue weighted by Crippen LogP contribution is -2.15. The van der Waals surface area contributed by atoms with Gasteiger partial charge in [0.2, 0.25) is 0 Å². The Morgan fingerprint density at radius 1 is 1.11 bits per heavy atom. The number of ether oxygens (including phenoxy) is 1. The van der Waals surface area contributed by atoms with Gasteiger partial charge in [0, 0.05) is 13.0 Å². The van der Waals surface area contributed by atoms with Crippen LogP contribution in [0.15, 0.2) is 0 Å². The van der Waals surface area contributed by atoms with Crippen LogP contribution in [0, 0.1) is 5.92 Å². The van der Waals surface area contributed by atoms with Gasteiger partial charge < -0.3 is 14.9 Å². The SMILES string of the molecule is C[C@H](CCCCO)C(=O)OCCCCCC(=O)O. The summed E-state index contributed by atoms with van der Waals surface area (Å²) in [5.74, 6) is -1.12. The molecule has 0 heterocycles. The van der Waals surface area contributed by atoms with Gasteiger partial charge in [-0.1, -0.05) is 13.3 Å². The molecule has 0 amide bonds. The third-order valence-electron chi connectivity index (χ3n) is 2.73. The molecule has 0 radical (unpaired) electrons. The van der Waals surface area contributed by atoms with Gasteiger partial charge in [-0.05, 0) is 32.1 Å². The van der Waals surface area contributed by atoms with Crippen LogP contribution in [0.1, 0.15) is 51.9 Å². The average Bonchev–Trinajstić information content (AvgIpc) is 2.33. The van der Waals surface area contributed by atoms with Crippen LogP contribution in [-0.2, 0) is 14.3 Å². The summed E-state index contributed by atoms with van der Waals surface area (Å²) in [5, 5.41) is 17.1. The lowest BCUT2D eigenvalue weighted by molar-refractivity contribution is -0.148. The van der Waals surface area contributed by atoms with Crippen molar-refractivity contribution < 1.29 is 24.5 Å². The molecule has 2 N–H and O–H groups in total. The smallest absolute Gasteiger partial charge is 0.308 e. The maximum atomic E-state index is 11.5. The fourth-order valence-corrected chi connectivity index (χ4v) is 1.55. The Morgan fingerprint density at radius 3 is 2.44 bits per heavy atom. The number of hydrogen-bond donors (Lipinski definition) is 2. The Hall–Kier alpha value is -1.10. The van der Waals surface area contributed by atoms with Gasteiger partial charge in [0.05, 0.1) is 12.5 Å². The van der Waals surface area contributed by atoms with Gasteiger partial charge in [0.1, 0.15) is 0 Å². The number of rotatable bonds is 11. The Balaban J connectivity index is 3.43. The zero-order chi connectivity index (χ0) is 13.8. The molecule has 0 unspecified atom stereocenters. The van der Waals surface area contributed by atoms with E-state index < -0.39 is 5.97 Å². The van der Waals surface area contributed by atoms with Crippen molar-refractivity contribution >= 4 is 11.9 Å². The van der Waals surface area contributed by atoms with E-state index >= 15 is 0 Å². The van der Waals surface area contributed by atoms with E-state index in [4.69, 9.17) is 14.9 Å². The fourth-order valence-electron chi connectivity index (χ4n) is 1.55. The van der Waals surface area contributed by atoms with Crippen molar-refractivity contribution in [2.75, 3.05) is 13.2 Å². The number of carboxylic acid groups (broad SMARTS) is 1. The first kappa shape index (κ1) is 16.9. The molecule has 0 fully saturated rings. The van der Waals surface area contributed by atoms with Gasteiger partial charge in [0.15, 0.2) is 0 Å². The van der Waals surface area contributed by atoms with E-state index in [0.29, 0.717) is 25.9 Å². The molecule has 5 heteroatoms. The molecule has 0 rings (SSSR count). The quantitative estimate of drug-likeness (QED) is 0.438. The number of aliphatic carboxylic acids is 1. The second kappa shape index (κ2) is 11.0. The molecule has 0 aliphatic heterocycles. The molecule has 1 atom stereocenters. The monoisotopic (exact) mass is 260 g/mol. The summed E-state index contributed by atoms with van der Waals surface area (Å²) in [6.45, 7) is 2.35. The number of carbonyl (C=O) groups excluding carboxylic acids is 1. The van der Waals surface area contributed by atoms with Crippen LogP contribution in [0.3, 0.4) is 0 Å². The van der Waals surface area contributed by atoms with Crippen molar-refractivity contribution in [3.8, 4) is 0 Å². The van der Waals surface area contributed by atoms with Gasteiger partial charge >= 0.3 is 11.9 Å². The summed E-state index contributed by atoms with van der Waals surface area (Å²) in [5.41, 5.74) is 0. The lowest BCUT2D eigenvalue weighted by Gasteiger charge is -2.10. The number of aliphatic hydroxyl groups excluding tert-OH is 1. The standard InChI is InChI=1S/C13H24O5/c1-11(7-4-5-9-14)13(17)18-10-6-2-3-8-12(15)16/h11,14H,2-10H2,1H3,(H,15,16)/t11-/m1/s1. The highest BCUT2D eigenvalue weighted by Gasteiger charge is 2.13. The van der Waals surface area contributed by atoms with E-state index in [1.165, 1.54) is 0 Å².